The molecular formula is C19H21N3O3S. The van der Waals surface area contributed by atoms with Gasteiger partial charge in [-0.2, -0.15) is 0 Å². The van der Waals surface area contributed by atoms with E-state index in [1.54, 1.807) is 4.90 Å². The molecule has 0 unspecified atom stereocenters. The van der Waals surface area contributed by atoms with E-state index in [1.807, 2.05) is 48.1 Å². The topological polar surface area (TPSA) is 64.4 Å². The Balaban J connectivity index is 1.63. The molecule has 3 rings (SSSR count). The number of nitrogens with zero attached hydrogens (tertiary/aromatic N) is 3. The average molecular weight is 371 g/mol. The molecule has 0 bridgehead atoms. The molecule has 2 aromatic heterocycles. The second kappa shape index (κ2) is 7.70. The van der Waals surface area contributed by atoms with Crippen LogP contribution < -0.4 is 4.90 Å². The van der Waals surface area contributed by atoms with Crippen LogP contribution in [0, 0.1) is 6.92 Å². The summed E-state index contributed by atoms with van der Waals surface area (Å²) in [4.78, 5) is 29.8. The summed E-state index contributed by atoms with van der Waals surface area (Å²) in [7, 11) is 0. The molecule has 0 atom stereocenters. The van der Waals surface area contributed by atoms with E-state index in [2.05, 4.69) is 11.1 Å². The summed E-state index contributed by atoms with van der Waals surface area (Å²) in [6.45, 7) is 6.19. The number of fused-ring (bicyclic) bond motifs is 1. The maximum atomic E-state index is 12.3. The molecule has 1 amide bonds. The molecule has 0 N–H and O–H groups in total. The van der Waals surface area contributed by atoms with Crippen molar-refractivity contribution in [3.63, 3.8) is 0 Å². The van der Waals surface area contributed by atoms with Crippen LogP contribution in [0.4, 0.5) is 5.13 Å². The molecule has 0 spiro atoms. The zero-order valence-electron chi connectivity index (χ0n) is 15.1. The van der Waals surface area contributed by atoms with Crippen molar-refractivity contribution >= 4 is 39.2 Å². The van der Waals surface area contributed by atoms with Crippen LogP contribution in [0.5, 0.6) is 0 Å². The van der Waals surface area contributed by atoms with E-state index in [4.69, 9.17) is 4.74 Å². The van der Waals surface area contributed by atoms with Gasteiger partial charge in [-0.25, -0.2) is 4.98 Å². The van der Waals surface area contributed by atoms with Crippen molar-refractivity contribution in [3.05, 3.63) is 47.1 Å². The highest BCUT2D eigenvalue weighted by Crippen LogP contribution is 2.22. The Hall–Kier alpha value is -2.67. The number of aromatic nitrogens is 2. The molecule has 26 heavy (non-hydrogen) atoms. The minimum atomic E-state index is -0.317. The highest BCUT2D eigenvalue weighted by Gasteiger charge is 2.15. The molecule has 6 nitrogen and oxygen atoms in total. The van der Waals surface area contributed by atoms with Crippen LogP contribution >= 0.6 is 11.3 Å². The number of hydrogen-bond acceptors (Lipinski definition) is 5. The Morgan fingerprint density at radius 1 is 1.31 bits per heavy atom. The van der Waals surface area contributed by atoms with Crippen molar-refractivity contribution < 1.29 is 14.3 Å². The number of esters is 1. The molecule has 0 aliphatic heterocycles. The lowest BCUT2D eigenvalue weighted by Crippen LogP contribution is -2.27. The van der Waals surface area contributed by atoms with Gasteiger partial charge < -0.3 is 9.30 Å². The van der Waals surface area contributed by atoms with Crippen molar-refractivity contribution in [1.29, 1.82) is 0 Å². The second-order valence-electron chi connectivity index (χ2n) is 5.98. The van der Waals surface area contributed by atoms with E-state index in [0.717, 1.165) is 16.6 Å². The van der Waals surface area contributed by atoms with Crippen LogP contribution in [-0.2, 0) is 27.5 Å². The summed E-state index contributed by atoms with van der Waals surface area (Å²) in [5, 5.41) is 3.54. The maximum Gasteiger partial charge on any atom is 0.326 e. The number of thiazole rings is 1. The van der Waals surface area contributed by atoms with E-state index in [-0.39, 0.29) is 25.0 Å². The molecule has 0 aliphatic carbocycles. The molecule has 3 aromatic rings. The first kappa shape index (κ1) is 18.1. The molecule has 0 saturated heterocycles. The van der Waals surface area contributed by atoms with E-state index in [0.29, 0.717) is 17.4 Å². The number of ether oxygens (including phenoxy) is 1. The van der Waals surface area contributed by atoms with Crippen LogP contribution in [0.15, 0.2) is 35.7 Å². The quantitative estimate of drug-likeness (QED) is 0.622. The Morgan fingerprint density at radius 2 is 2.08 bits per heavy atom. The smallest absolute Gasteiger partial charge is 0.326 e. The highest BCUT2D eigenvalue weighted by atomic mass is 32.1. The van der Waals surface area contributed by atoms with Crippen molar-refractivity contribution in [1.82, 2.24) is 9.55 Å². The lowest BCUT2D eigenvalue weighted by atomic mass is 10.2. The van der Waals surface area contributed by atoms with Gasteiger partial charge in [0, 0.05) is 30.1 Å². The Bertz CT molecular complexity index is 945. The molecule has 0 fully saturated rings. The fraction of sp³-hybridized carbons (Fsp3) is 0.316. The van der Waals surface area contributed by atoms with Crippen LogP contribution in [0.25, 0.3) is 10.9 Å². The number of benzene rings is 1. The van der Waals surface area contributed by atoms with Crippen LogP contribution in [0.2, 0.25) is 0 Å². The number of carbonyl (C=O) groups excluding carboxylic acids is 2. The monoisotopic (exact) mass is 371 g/mol. The predicted molar refractivity (Wildman–Crippen MR) is 102 cm³/mol. The molecule has 136 valence electrons. The Labute approximate surface area is 156 Å². The summed E-state index contributed by atoms with van der Waals surface area (Å²) in [6, 6.07) is 10.00. The summed E-state index contributed by atoms with van der Waals surface area (Å²) >= 11 is 1.37. The van der Waals surface area contributed by atoms with Gasteiger partial charge >= 0.3 is 5.97 Å². The van der Waals surface area contributed by atoms with Crippen molar-refractivity contribution in [2.24, 2.45) is 0 Å². The minimum absolute atomic E-state index is 0.0552. The summed E-state index contributed by atoms with van der Waals surface area (Å²) in [6.07, 6.45) is 0. The largest absolute Gasteiger partial charge is 0.458 e. The molecule has 0 radical (unpaired) electrons. The van der Waals surface area contributed by atoms with Gasteiger partial charge in [-0.3, -0.25) is 14.5 Å². The third kappa shape index (κ3) is 3.77. The lowest BCUT2D eigenvalue weighted by Gasteiger charge is -2.14. The van der Waals surface area contributed by atoms with Crippen molar-refractivity contribution in [2.45, 2.75) is 33.9 Å². The van der Waals surface area contributed by atoms with Gasteiger partial charge in [-0.05, 0) is 31.4 Å². The summed E-state index contributed by atoms with van der Waals surface area (Å²) in [5.41, 5.74) is 2.67. The summed E-state index contributed by atoms with van der Waals surface area (Å²) < 4.78 is 7.32. The number of aryl methyl sites for hydroxylation is 1. The molecule has 0 aliphatic rings. The zero-order chi connectivity index (χ0) is 18.7. The molecule has 0 saturated carbocycles. The van der Waals surface area contributed by atoms with Crippen LogP contribution in [0.1, 0.15) is 25.2 Å². The number of amides is 1. The van der Waals surface area contributed by atoms with Gasteiger partial charge in [-0.1, -0.05) is 18.2 Å². The van der Waals surface area contributed by atoms with E-state index in [1.165, 1.54) is 18.3 Å². The average Bonchev–Trinajstić information content (AvgIpc) is 3.19. The highest BCUT2D eigenvalue weighted by molar-refractivity contribution is 7.14. The van der Waals surface area contributed by atoms with Gasteiger partial charge in [0.15, 0.2) is 5.13 Å². The maximum absolute atomic E-state index is 12.3. The normalized spacial score (nSPS) is 10.9. The number of carbonyl (C=O) groups is 2. The van der Waals surface area contributed by atoms with E-state index >= 15 is 0 Å². The first-order valence-corrected chi connectivity index (χ1v) is 9.30. The number of anilines is 1. The third-order valence-electron chi connectivity index (χ3n) is 4.15. The Kier molecular flexibility index (Phi) is 5.37. The first-order valence-electron chi connectivity index (χ1n) is 8.42. The van der Waals surface area contributed by atoms with Crippen LogP contribution in [-0.4, -0.2) is 28.0 Å². The van der Waals surface area contributed by atoms with Gasteiger partial charge in [0.05, 0.1) is 5.69 Å². The van der Waals surface area contributed by atoms with Gasteiger partial charge in [-0.15, -0.1) is 11.3 Å². The second-order valence-corrected chi connectivity index (χ2v) is 6.81. The van der Waals surface area contributed by atoms with Crippen molar-refractivity contribution in [2.75, 3.05) is 11.4 Å². The third-order valence-corrected chi connectivity index (χ3v) is 5.07. The molecule has 1 aromatic carbocycles. The van der Waals surface area contributed by atoms with E-state index in [9.17, 15) is 9.59 Å². The first-order chi connectivity index (χ1) is 12.5. The molecule has 7 heteroatoms. The number of hydrogen-bond donors (Lipinski definition) is 0. The van der Waals surface area contributed by atoms with Gasteiger partial charge in [0.2, 0.25) is 5.91 Å². The number of para-hydroxylation sites is 1. The minimum Gasteiger partial charge on any atom is -0.458 e. The van der Waals surface area contributed by atoms with Gasteiger partial charge in [0.25, 0.3) is 0 Å². The zero-order valence-corrected chi connectivity index (χ0v) is 15.9. The predicted octanol–water partition coefficient (Wildman–Crippen LogP) is 3.52. The lowest BCUT2D eigenvalue weighted by molar-refractivity contribution is -0.145. The van der Waals surface area contributed by atoms with E-state index < -0.39 is 0 Å². The molecular weight excluding hydrogens is 350 g/mol. The Morgan fingerprint density at radius 3 is 2.81 bits per heavy atom. The SMILES string of the molecule is CCN(C(C)=O)c1nc(COC(=O)Cn2c(C)cc3ccccc32)cs1. The van der Waals surface area contributed by atoms with Crippen molar-refractivity contribution in [3.8, 4) is 0 Å². The molecule has 2 heterocycles. The fourth-order valence-electron chi connectivity index (χ4n) is 2.87. The van der Waals surface area contributed by atoms with Crippen LogP contribution in [0.3, 0.4) is 0 Å². The number of rotatable bonds is 6. The standard InChI is InChI=1S/C19H21N3O3S/c1-4-21(14(3)23)19-20-16(12-26-19)11-25-18(24)10-22-13(2)9-15-7-5-6-8-17(15)22/h5-9,12H,4,10-11H2,1-3H3. The summed E-state index contributed by atoms with van der Waals surface area (Å²) in [5.74, 6) is -0.372. The van der Waals surface area contributed by atoms with Gasteiger partial charge in [0.1, 0.15) is 13.2 Å². The fourth-order valence-corrected chi connectivity index (χ4v) is 3.78.